The number of hydrogen-bond acceptors (Lipinski definition) is 7. The van der Waals surface area contributed by atoms with Gasteiger partial charge in [0.15, 0.2) is 0 Å². The Kier molecular flexibility index (Phi) is 6.56. The van der Waals surface area contributed by atoms with E-state index in [0.717, 1.165) is 11.3 Å². The Morgan fingerprint density at radius 2 is 2.20 bits per heavy atom. The molecule has 0 fully saturated rings. The van der Waals surface area contributed by atoms with E-state index in [4.69, 9.17) is 9.47 Å². The summed E-state index contributed by atoms with van der Waals surface area (Å²) in [7, 11) is -2.42. The molecule has 0 aliphatic heterocycles. The molecule has 7 nitrogen and oxygen atoms in total. The van der Waals surface area contributed by atoms with Crippen LogP contribution in [0, 0.1) is 0 Å². The van der Waals surface area contributed by atoms with Gasteiger partial charge < -0.3 is 14.6 Å². The van der Waals surface area contributed by atoms with Crippen LogP contribution in [0.4, 0.5) is 0 Å². The molecule has 0 unspecified atom stereocenters. The van der Waals surface area contributed by atoms with Crippen LogP contribution >= 0.6 is 11.3 Å². The Hall–Kier alpha value is -1.00. The molecule has 1 rings (SSSR count). The minimum Gasteiger partial charge on any atom is -0.462 e. The van der Waals surface area contributed by atoms with E-state index in [1.54, 1.807) is 11.4 Å². The van der Waals surface area contributed by atoms with Crippen LogP contribution in [0.15, 0.2) is 21.7 Å². The van der Waals surface area contributed by atoms with Gasteiger partial charge in [-0.2, -0.15) is 4.72 Å². The van der Waals surface area contributed by atoms with Gasteiger partial charge in [-0.15, -0.1) is 11.3 Å². The number of aliphatic hydroxyl groups excluding tert-OH is 1. The van der Waals surface area contributed by atoms with Crippen molar-refractivity contribution in [2.75, 3.05) is 20.3 Å². The monoisotopic (exact) mass is 323 g/mol. The molecule has 9 heteroatoms. The van der Waals surface area contributed by atoms with Crippen LogP contribution in [-0.4, -0.2) is 52.0 Å². The summed E-state index contributed by atoms with van der Waals surface area (Å²) in [6.45, 7) is 1.48. The molecule has 2 atom stereocenters. The van der Waals surface area contributed by atoms with Crippen molar-refractivity contribution < 1.29 is 27.8 Å². The van der Waals surface area contributed by atoms with Gasteiger partial charge in [-0.1, -0.05) is 6.07 Å². The predicted molar refractivity (Wildman–Crippen MR) is 72.9 cm³/mol. The van der Waals surface area contributed by atoms with Crippen LogP contribution in [0.1, 0.15) is 6.92 Å². The highest BCUT2D eigenvalue weighted by atomic mass is 32.2. The highest BCUT2D eigenvalue weighted by Gasteiger charge is 2.31. The second-order valence-electron chi connectivity index (χ2n) is 3.93. The molecule has 0 aliphatic rings. The SMILES string of the molecule is COCCOC(=O)[C@@H](NS(=O)(=O)c1cccs1)[C@H](C)O. The summed E-state index contributed by atoms with van der Waals surface area (Å²) in [5.74, 6) is -0.850. The average molecular weight is 323 g/mol. The maximum absolute atomic E-state index is 12.0. The third-order valence-corrected chi connectivity index (χ3v) is 5.15. The van der Waals surface area contributed by atoms with Crippen molar-refractivity contribution in [2.24, 2.45) is 0 Å². The number of carbonyl (C=O) groups is 1. The molecule has 1 aromatic heterocycles. The molecule has 0 saturated carbocycles. The van der Waals surface area contributed by atoms with Crippen LogP contribution in [0.2, 0.25) is 0 Å². The summed E-state index contributed by atoms with van der Waals surface area (Å²) in [5, 5.41) is 11.1. The van der Waals surface area contributed by atoms with Crippen molar-refractivity contribution >= 4 is 27.3 Å². The zero-order valence-electron chi connectivity index (χ0n) is 11.1. The van der Waals surface area contributed by atoms with Crippen LogP contribution < -0.4 is 4.72 Å². The summed E-state index contributed by atoms with van der Waals surface area (Å²) in [4.78, 5) is 11.7. The highest BCUT2D eigenvalue weighted by Crippen LogP contribution is 2.16. The normalized spacial score (nSPS) is 14.8. The number of carbonyl (C=O) groups excluding carboxylic acids is 1. The van der Waals surface area contributed by atoms with Crippen LogP contribution in [0.3, 0.4) is 0 Å². The van der Waals surface area contributed by atoms with E-state index in [0.29, 0.717) is 0 Å². The Balaban J connectivity index is 2.75. The summed E-state index contributed by atoms with van der Waals surface area (Å²) in [6.07, 6.45) is -1.22. The fourth-order valence-electron chi connectivity index (χ4n) is 1.30. The van der Waals surface area contributed by atoms with Gasteiger partial charge in [0.25, 0.3) is 10.0 Å². The number of ether oxygens (including phenoxy) is 2. The largest absolute Gasteiger partial charge is 0.462 e. The quantitative estimate of drug-likeness (QED) is 0.514. The number of nitrogens with one attached hydrogen (secondary N) is 1. The summed E-state index contributed by atoms with van der Waals surface area (Å²) >= 11 is 1.01. The van der Waals surface area contributed by atoms with Gasteiger partial charge in [0, 0.05) is 7.11 Å². The predicted octanol–water partition coefficient (Wildman–Crippen LogP) is -0.0346. The van der Waals surface area contributed by atoms with E-state index in [2.05, 4.69) is 4.72 Å². The minimum absolute atomic E-state index is 0.0146. The molecule has 0 aromatic carbocycles. The Bertz CT molecular complexity index is 511. The van der Waals surface area contributed by atoms with Gasteiger partial charge in [0.05, 0.1) is 12.7 Å². The van der Waals surface area contributed by atoms with Crippen molar-refractivity contribution in [1.82, 2.24) is 4.72 Å². The molecular formula is C11H17NO6S2. The van der Waals surface area contributed by atoms with Crippen LogP contribution in [-0.2, 0) is 24.3 Å². The van der Waals surface area contributed by atoms with Crippen LogP contribution in [0.5, 0.6) is 0 Å². The Morgan fingerprint density at radius 1 is 1.50 bits per heavy atom. The van der Waals surface area contributed by atoms with E-state index < -0.39 is 28.1 Å². The molecule has 114 valence electrons. The first-order chi connectivity index (χ1) is 9.38. The van der Waals surface area contributed by atoms with Crippen LogP contribution in [0.25, 0.3) is 0 Å². The number of rotatable bonds is 8. The molecule has 0 radical (unpaired) electrons. The summed E-state index contributed by atoms with van der Waals surface area (Å²) in [6, 6.07) is 1.62. The van der Waals surface area contributed by atoms with Gasteiger partial charge in [-0.25, -0.2) is 8.42 Å². The third kappa shape index (κ3) is 4.84. The second-order valence-corrected chi connectivity index (χ2v) is 6.82. The lowest BCUT2D eigenvalue weighted by Gasteiger charge is -2.19. The maximum Gasteiger partial charge on any atom is 0.326 e. The van der Waals surface area contributed by atoms with Gasteiger partial charge >= 0.3 is 5.97 Å². The van der Waals surface area contributed by atoms with E-state index in [1.165, 1.54) is 20.1 Å². The van der Waals surface area contributed by atoms with Crippen molar-refractivity contribution in [1.29, 1.82) is 0 Å². The fraction of sp³-hybridized carbons (Fsp3) is 0.545. The first kappa shape index (κ1) is 17.1. The van der Waals surface area contributed by atoms with Gasteiger partial charge in [0.1, 0.15) is 16.9 Å². The Morgan fingerprint density at radius 3 is 2.70 bits per heavy atom. The van der Waals surface area contributed by atoms with Gasteiger partial charge in [-0.3, -0.25) is 4.79 Å². The standard InChI is InChI=1S/C11H17NO6S2/c1-8(13)10(11(14)18-6-5-17-2)12-20(15,16)9-4-3-7-19-9/h3-4,7-8,10,12-13H,5-6H2,1-2H3/t8-,10-/m0/s1. The molecule has 2 N–H and O–H groups in total. The fourth-order valence-corrected chi connectivity index (χ4v) is 3.57. The molecule has 0 aliphatic carbocycles. The molecule has 0 spiro atoms. The van der Waals surface area contributed by atoms with Gasteiger partial charge in [-0.05, 0) is 18.4 Å². The lowest BCUT2D eigenvalue weighted by Crippen LogP contribution is -2.48. The number of sulfonamides is 1. The second kappa shape index (κ2) is 7.70. The first-order valence-electron chi connectivity index (χ1n) is 5.78. The Labute approximate surface area is 121 Å². The zero-order chi connectivity index (χ0) is 15.2. The lowest BCUT2D eigenvalue weighted by atomic mass is 10.2. The maximum atomic E-state index is 12.0. The number of thiophene rings is 1. The molecular weight excluding hydrogens is 306 g/mol. The molecule has 1 aromatic rings. The van der Waals surface area contributed by atoms with Gasteiger partial charge in [0.2, 0.25) is 0 Å². The molecule has 0 bridgehead atoms. The van der Waals surface area contributed by atoms with Crippen molar-refractivity contribution in [3.8, 4) is 0 Å². The highest BCUT2D eigenvalue weighted by molar-refractivity contribution is 7.91. The summed E-state index contributed by atoms with van der Waals surface area (Å²) < 4.78 is 35.7. The lowest BCUT2D eigenvalue weighted by molar-refractivity contribution is -0.149. The van der Waals surface area contributed by atoms with Crippen molar-refractivity contribution in [3.63, 3.8) is 0 Å². The molecule has 20 heavy (non-hydrogen) atoms. The first-order valence-corrected chi connectivity index (χ1v) is 8.14. The number of aliphatic hydroxyl groups is 1. The molecule has 0 saturated heterocycles. The average Bonchev–Trinajstić information content (AvgIpc) is 2.90. The topological polar surface area (TPSA) is 102 Å². The number of hydrogen-bond donors (Lipinski definition) is 2. The smallest absolute Gasteiger partial charge is 0.326 e. The summed E-state index contributed by atoms with van der Waals surface area (Å²) in [5.41, 5.74) is 0. The van der Waals surface area contributed by atoms with E-state index >= 15 is 0 Å². The number of esters is 1. The molecule has 0 amide bonds. The third-order valence-electron chi connectivity index (χ3n) is 2.31. The van der Waals surface area contributed by atoms with Crippen molar-refractivity contribution in [2.45, 2.75) is 23.3 Å². The van der Waals surface area contributed by atoms with E-state index in [9.17, 15) is 18.3 Å². The minimum atomic E-state index is -3.86. The van der Waals surface area contributed by atoms with Crippen molar-refractivity contribution in [3.05, 3.63) is 17.5 Å². The zero-order valence-corrected chi connectivity index (χ0v) is 12.7. The molecule has 1 heterocycles. The van der Waals surface area contributed by atoms with E-state index in [-0.39, 0.29) is 17.4 Å². The number of methoxy groups -OCH3 is 1. The van der Waals surface area contributed by atoms with E-state index in [1.807, 2.05) is 0 Å².